The van der Waals surface area contributed by atoms with E-state index in [9.17, 15) is 4.79 Å². The van der Waals surface area contributed by atoms with Crippen LogP contribution in [0.5, 0.6) is 0 Å². The SMILES string of the molecule is CCCC(=O)c1ccc(NCc2cnc(C)n2C)cc1. The highest BCUT2D eigenvalue weighted by molar-refractivity contribution is 5.96. The lowest BCUT2D eigenvalue weighted by Gasteiger charge is -2.08. The molecule has 0 saturated carbocycles. The summed E-state index contributed by atoms with van der Waals surface area (Å²) in [6.07, 6.45) is 3.38. The predicted octanol–water partition coefficient (Wildman–Crippen LogP) is 3.32. The maximum absolute atomic E-state index is 11.8. The maximum Gasteiger partial charge on any atom is 0.162 e. The molecule has 0 aliphatic heterocycles. The van der Waals surface area contributed by atoms with E-state index in [4.69, 9.17) is 0 Å². The van der Waals surface area contributed by atoms with Crippen LogP contribution in [0, 0.1) is 6.92 Å². The molecule has 106 valence electrons. The van der Waals surface area contributed by atoms with Gasteiger partial charge in [0.05, 0.1) is 18.4 Å². The van der Waals surface area contributed by atoms with E-state index in [0.717, 1.165) is 35.7 Å². The Morgan fingerprint density at radius 2 is 2.00 bits per heavy atom. The van der Waals surface area contributed by atoms with Gasteiger partial charge in [-0.25, -0.2) is 4.98 Å². The summed E-state index contributed by atoms with van der Waals surface area (Å²) in [6.45, 7) is 4.72. The van der Waals surface area contributed by atoms with Crippen LogP contribution in [0.4, 0.5) is 5.69 Å². The zero-order chi connectivity index (χ0) is 14.5. The van der Waals surface area contributed by atoms with Gasteiger partial charge in [-0.15, -0.1) is 0 Å². The minimum absolute atomic E-state index is 0.210. The molecule has 0 aliphatic rings. The maximum atomic E-state index is 11.8. The normalized spacial score (nSPS) is 10.6. The van der Waals surface area contributed by atoms with Crippen LogP contribution in [-0.4, -0.2) is 15.3 Å². The lowest BCUT2D eigenvalue weighted by atomic mass is 10.1. The van der Waals surface area contributed by atoms with Crippen LogP contribution >= 0.6 is 0 Å². The Labute approximate surface area is 119 Å². The molecule has 4 heteroatoms. The Balaban J connectivity index is 1.97. The summed E-state index contributed by atoms with van der Waals surface area (Å²) in [5.74, 6) is 1.21. The Hall–Kier alpha value is -2.10. The van der Waals surface area contributed by atoms with Crippen molar-refractivity contribution in [3.8, 4) is 0 Å². The lowest BCUT2D eigenvalue weighted by molar-refractivity contribution is 0.0982. The molecule has 1 N–H and O–H groups in total. The number of anilines is 1. The first kappa shape index (κ1) is 14.3. The second-order valence-corrected chi connectivity index (χ2v) is 4.96. The molecule has 0 aliphatic carbocycles. The summed E-state index contributed by atoms with van der Waals surface area (Å²) in [5, 5.41) is 3.34. The number of nitrogens with one attached hydrogen (secondary N) is 1. The second-order valence-electron chi connectivity index (χ2n) is 4.96. The molecule has 0 unspecified atom stereocenters. The van der Waals surface area contributed by atoms with Gasteiger partial charge in [0.1, 0.15) is 5.82 Å². The van der Waals surface area contributed by atoms with Crippen molar-refractivity contribution in [2.45, 2.75) is 33.2 Å². The second kappa shape index (κ2) is 6.37. The molecule has 2 aromatic rings. The van der Waals surface area contributed by atoms with Gasteiger partial charge in [0.2, 0.25) is 0 Å². The highest BCUT2D eigenvalue weighted by Crippen LogP contribution is 2.13. The molecule has 2 rings (SSSR count). The van der Waals surface area contributed by atoms with Crippen molar-refractivity contribution in [2.75, 3.05) is 5.32 Å². The van der Waals surface area contributed by atoms with Crippen LogP contribution in [-0.2, 0) is 13.6 Å². The number of aromatic nitrogens is 2. The molecule has 0 spiro atoms. The molecule has 1 heterocycles. The van der Waals surface area contributed by atoms with E-state index in [0.29, 0.717) is 6.42 Å². The van der Waals surface area contributed by atoms with Crippen molar-refractivity contribution in [3.63, 3.8) is 0 Å². The zero-order valence-corrected chi connectivity index (χ0v) is 12.3. The van der Waals surface area contributed by atoms with Crippen LogP contribution in [0.25, 0.3) is 0 Å². The number of rotatable bonds is 6. The lowest BCUT2D eigenvalue weighted by Crippen LogP contribution is -2.05. The first-order valence-electron chi connectivity index (χ1n) is 6.96. The molecule has 1 aromatic carbocycles. The Bertz CT molecular complexity index is 584. The van der Waals surface area contributed by atoms with E-state index >= 15 is 0 Å². The quantitative estimate of drug-likeness (QED) is 0.820. The molecule has 1 aromatic heterocycles. The number of ketones is 1. The summed E-state index contributed by atoms with van der Waals surface area (Å²) in [7, 11) is 2.01. The van der Waals surface area contributed by atoms with E-state index in [1.54, 1.807) is 0 Å². The van der Waals surface area contributed by atoms with E-state index in [1.807, 2.05) is 51.4 Å². The van der Waals surface area contributed by atoms with Crippen LogP contribution in [0.3, 0.4) is 0 Å². The van der Waals surface area contributed by atoms with Gasteiger partial charge in [0.15, 0.2) is 5.78 Å². The molecule has 0 atom stereocenters. The number of hydrogen-bond donors (Lipinski definition) is 1. The third-order valence-electron chi connectivity index (χ3n) is 3.47. The number of imidazole rings is 1. The van der Waals surface area contributed by atoms with Crippen molar-refractivity contribution in [3.05, 3.63) is 47.5 Å². The first-order chi connectivity index (χ1) is 9.61. The van der Waals surface area contributed by atoms with Crippen molar-refractivity contribution in [2.24, 2.45) is 7.05 Å². The Kier molecular flexibility index (Phi) is 4.56. The summed E-state index contributed by atoms with van der Waals surface area (Å²) in [5.41, 5.74) is 2.93. The summed E-state index contributed by atoms with van der Waals surface area (Å²) in [4.78, 5) is 16.0. The average Bonchev–Trinajstić information content (AvgIpc) is 2.77. The number of nitrogens with zero attached hydrogens (tertiary/aromatic N) is 2. The standard InChI is InChI=1S/C16H21N3O/c1-4-5-16(20)13-6-8-14(9-7-13)18-11-15-10-17-12(2)19(15)3/h6-10,18H,4-5,11H2,1-3H3. The van der Waals surface area contributed by atoms with Gasteiger partial charge < -0.3 is 9.88 Å². The molecule has 0 fully saturated rings. The Morgan fingerprint density at radius 3 is 2.55 bits per heavy atom. The van der Waals surface area contributed by atoms with E-state index in [2.05, 4.69) is 14.9 Å². The van der Waals surface area contributed by atoms with Crippen LogP contribution in [0.2, 0.25) is 0 Å². The molecular weight excluding hydrogens is 250 g/mol. The predicted molar refractivity (Wildman–Crippen MR) is 81.0 cm³/mol. The summed E-state index contributed by atoms with van der Waals surface area (Å²) >= 11 is 0. The highest BCUT2D eigenvalue weighted by Gasteiger charge is 2.05. The van der Waals surface area contributed by atoms with Crippen molar-refractivity contribution in [1.82, 2.24) is 9.55 Å². The van der Waals surface area contributed by atoms with E-state index in [-0.39, 0.29) is 5.78 Å². The number of hydrogen-bond acceptors (Lipinski definition) is 3. The molecule has 0 radical (unpaired) electrons. The minimum Gasteiger partial charge on any atom is -0.379 e. The number of benzene rings is 1. The number of carbonyl (C=O) groups excluding carboxylic acids is 1. The van der Waals surface area contributed by atoms with Gasteiger partial charge in [-0.1, -0.05) is 6.92 Å². The van der Waals surface area contributed by atoms with Gasteiger partial charge in [0, 0.05) is 24.7 Å². The average molecular weight is 271 g/mol. The van der Waals surface area contributed by atoms with E-state index in [1.165, 1.54) is 0 Å². The highest BCUT2D eigenvalue weighted by atomic mass is 16.1. The fraction of sp³-hybridized carbons (Fsp3) is 0.375. The molecular formula is C16H21N3O. The summed E-state index contributed by atoms with van der Waals surface area (Å²) in [6, 6.07) is 7.67. The molecule has 4 nitrogen and oxygen atoms in total. The van der Waals surface area contributed by atoms with Gasteiger partial charge in [-0.05, 0) is 37.6 Å². The minimum atomic E-state index is 0.210. The third-order valence-corrected chi connectivity index (χ3v) is 3.47. The van der Waals surface area contributed by atoms with E-state index < -0.39 is 0 Å². The van der Waals surface area contributed by atoms with Gasteiger partial charge in [-0.2, -0.15) is 0 Å². The van der Waals surface area contributed by atoms with Gasteiger partial charge >= 0.3 is 0 Å². The number of aryl methyl sites for hydroxylation is 1. The number of Topliss-reactive ketones (excluding diaryl/α,β-unsaturated/α-hetero) is 1. The Morgan fingerprint density at radius 1 is 1.30 bits per heavy atom. The van der Waals surface area contributed by atoms with Crippen molar-refractivity contribution < 1.29 is 4.79 Å². The topological polar surface area (TPSA) is 46.9 Å². The monoisotopic (exact) mass is 271 g/mol. The summed E-state index contributed by atoms with van der Waals surface area (Å²) < 4.78 is 2.06. The zero-order valence-electron chi connectivity index (χ0n) is 12.3. The molecule has 0 bridgehead atoms. The first-order valence-corrected chi connectivity index (χ1v) is 6.96. The fourth-order valence-corrected chi connectivity index (χ4v) is 2.05. The van der Waals surface area contributed by atoms with Crippen LogP contribution < -0.4 is 5.32 Å². The molecule has 20 heavy (non-hydrogen) atoms. The van der Waals surface area contributed by atoms with Crippen LogP contribution in [0.1, 0.15) is 41.6 Å². The van der Waals surface area contributed by atoms with Crippen molar-refractivity contribution in [1.29, 1.82) is 0 Å². The number of carbonyl (C=O) groups is 1. The van der Waals surface area contributed by atoms with Crippen molar-refractivity contribution >= 4 is 11.5 Å². The van der Waals surface area contributed by atoms with Gasteiger partial charge in [-0.3, -0.25) is 4.79 Å². The smallest absolute Gasteiger partial charge is 0.162 e. The largest absolute Gasteiger partial charge is 0.379 e. The molecule has 0 amide bonds. The van der Waals surface area contributed by atoms with Gasteiger partial charge in [0.25, 0.3) is 0 Å². The van der Waals surface area contributed by atoms with Crippen LogP contribution in [0.15, 0.2) is 30.5 Å². The third kappa shape index (κ3) is 3.26. The fourth-order valence-electron chi connectivity index (χ4n) is 2.05. The molecule has 0 saturated heterocycles.